The van der Waals surface area contributed by atoms with Crippen LogP contribution in [0.15, 0.2) is 78.9 Å². The molecule has 0 aromatic heterocycles. The van der Waals surface area contributed by atoms with Crippen LogP contribution >= 0.6 is 0 Å². The molecule has 3 aromatic carbocycles. The van der Waals surface area contributed by atoms with Gasteiger partial charge in [0, 0.05) is 28.2 Å². The summed E-state index contributed by atoms with van der Waals surface area (Å²) in [5.41, 5.74) is 3.23. The number of nitrogens with one attached hydrogen (secondary N) is 3. The molecule has 31 heavy (non-hydrogen) atoms. The fraction of sp³-hybridized carbons (Fsp3) is 0.167. The van der Waals surface area contributed by atoms with Gasteiger partial charge in [-0.1, -0.05) is 24.3 Å². The van der Waals surface area contributed by atoms with Crippen LogP contribution in [0.4, 0.5) is 17.1 Å². The Labute approximate surface area is 180 Å². The summed E-state index contributed by atoms with van der Waals surface area (Å²) >= 11 is 0. The lowest BCUT2D eigenvalue weighted by molar-refractivity contribution is -0.0704. The average molecular weight is 417 g/mol. The van der Waals surface area contributed by atoms with Gasteiger partial charge >= 0.3 is 0 Å². The monoisotopic (exact) mass is 417 g/mol. The maximum absolute atomic E-state index is 12.6. The second-order valence-corrected chi connectivity index (χ2v) is 7.23. The van der Waals surface area contributed by atoms with Crippen LogP contribution in [-0.2, 0) is 4.74 Å². The van der Waals surface area contributed by atoms with Crippen molar-refractivity contribution in [1.82, 2.24) is 5.32 Å². The average Bonchev–Trinajstić information content (AvgIpc) is 3.20. The molecular weight excluding hydrogens is 394 g/mol. The molecule has 158 valence electrons. The van der Waals surface area contributed by atoms with E-state index in [-0.39, 0.29) is 11.8 Å². The number of carbonyl (C=O) groups is 2. The third-order valence-electron chi connectivity index (χ3n) is 4.97. The molecule has 4 rings (SSSR count). The van der Waals surface area contributed by atoms with Crippen molar-refractivity contribution in [3.63, 3.8) is 0 Å². The van der Waals surface area contributed by atoms with Gasteiger partial charge in [-0.2, -0.15) is 0 Å². The van der Waals surface area contributed by atoms with E-state index in [1.807, 2.05) is 42.5 Å². The third kappa shape index (κ3) is 5.28. The lowest BCUT2D eigenvalue weighted by Gasteiger charge is -2.15. The molecule has 1 fully saturated rings. The van der Waals surface area contributed by atoms with Crippen molar-refractivity contribution in [2.45, 2.75) is 18.8 Å². The van der Waals surface area contributed by atoms with Gasteiger partial charge in [-0.05, 0) is 61.0 Å². The van der Waals surface area contributed by atoms with Gasteiger partial charge in [-0.25, -0.2) is 0 Å². The SMILES string of the molecule is O=C(Nc1ccc(Nc2ccccc2)cc1)c1cccc(C(=O)NC2CCOC2O)c1. The summed E-state index contributed by atoms with van der Waals surface area (Å²) in [7, 11) is 0. The van der Waals surface area contributed by atoms with Crippen molar-refractivity contribution in [1.29, 1.82) is 0 Å². The molecule has 1 aliphatic heterocycles. The maximum atomic E-state index is 12.6. The number of aliphatic hydroxyl groups is 1. The summed E-state index contributed by atoms with van der Waals surface area (Å²) in [6.45, 7) is 0.397. The fourth-order valence-electron chi connectivity index (χ4n) is 3.30. The van der Waals surface area contributed by atoms with E-state index in [1.165, 1.54) is 6.07 Å². The second-order valence-electron chi connectivity index (χ2n) is 7.23. The zero-order valence-electron chi connectivity index (χ0n) is 16.7. The van der Waals surface area contributed by atoms with Crippen LogP contribution in [0.3, 0.4) is 0 Å². The van der Waals surface area contributed by atoms with Crippen LogP contribution in [0.25, 0.3) is 0 Å². The summed E-state index contributed by atoms with van der Waals surface area (Å²) in [4.78, 5) is 25.1. The first-order valence-corrected chi connectivity index (χ1v) is 10.0. The lowest BCUT2D eigenvalue weighted by Crippen LogP contribution is -2.40. The van der Waals surface area contributed by atoms with E-state index in [0.717, 1.165) is 11.4 Å². The molecule has 0 spiro atoms. The van der Waals surface area contributed by atoms with E-state index in [4.69, 9.17) is 4.74 Å². The highest BCUT2D eigenvalue weighted by Gasteiger charge is 2.27. The van der Waals surface area contributed by atoms with Gasteiger partial charge < -0.3 is 25.8 Å². The molecule has 2 atom stereocenters. The van der Waals surface area contributed by atoms with Crippen molar-refractivity contribution >= 4 is 28.9 Å². The Kier molecular flexibility index (Phi) is 6.26. The Balaban J connectivity index is 1.38. The summed E-state index contributed by atoms with van der Waals surface area (Å²) in [6, 6.07) is 23.2. The normalized spacial score (nSPS) is 17.7. The number of para-hydroxylation sites is 1. The first-order chi connectivity index (χ1) is 15.1. The number of rotatable bonds is 6. The van der Waals surface area contributed by atoms with Crippen LogP contribution in [0.5, 0.6) is 0 Å². The molecule has 1 heterocycles. The lowest BCUT2D eigenvalue weighted by atomic mass is 10.1. The summed E-state index contributed by atoms with van der Waals surface area (Å²) in [6.07, 6.45) is -0.461. The molecule has 0 saturated carbocycles. The predicted molar refractivity (Wildman–Crippen MR) is 118 cm³/mol. The molecule has 7 heteroatoms. The summed E-state index contributed by atoms with van der Waals surface area (Å²) < 4.78 is 5.04. The number of carbonyl (C=O) groups excluding carboxylic acids is 2. The highest BCUT2D eigenvalue weighted by Crippen LogP contribution is 2.19. The third-order valence-corrected chi connectivity index (χ3v) is 4.97. The van der Waals surface area contributed by atoms with Crippen LogP contribution in [-0.4, -0.2) is 35.9 Å². The van der Waals surface area contributed by atoms with Crippen molar-refractivity contribution in [3.8, 4) is 0 Å². The van der Waals surface area contributed by atoms with Gasteiger partial charge in [-0.3, -0.25) is 9.59 Å². The molecule has 1 aliphatic rings. The van der Waals surface area contributed by atoms with Crippen molar-refractivity contribution < 1.29 is 19.4 Å². The summed E-state index contributed by atoms with van der Waals surface area (Å²) in [5.74, 6) is -0.678. The first kappa shape index (κ1) is 20.6. The number of amides is 2. The molecule has 0 radical (unpaired) electrons. The number of ether oxygens (including phenoxy) is 1. The molecule has 1 saturated heterocycles. The Hall–Kier alpha value is -3.68. The minimum Gasteiger partial charge on any atom is -0.366 e. The molecule has 4 N–H and O–H groups in total. The fourth-order valence-corrected chi connectivity index (χ4v) is 3.30. The molecular formula is C24H23N3O4. The van der Waals surface area contributed by atoms with Gasteiger partial charge in [-0.15, -0.1) is 0 Å². The van der Waals surface area contributed by atoms with E-state index in [1.54, 1.807) is 30.3 Å². The Bertz CT molecular complexity index is 1050. The maximum Gasteiger partial charge on any atom is 0.255 e. The zero-order valence-corrected chi connectivity index (χ0v) is 16.7. The minimum absolute atomic E-state index is 0.317. The van der Waals surface area contributed by atoms with Crippen molar-refractivity contribution in [3.05, 3.63) is 90.0 Å². The van der Waals surface area contributed by atoms with E-state index >= 15 is 0 Å². The Morgan fingerprint density at radius 1 is 0.806 bits per heavy atom. The number of anilines is 3. The number of hydrogen-bond acceptors (Lipinski definition) is 5. The van der Waals surface area contributed by atoms with Crippen molar-refractivity contribution in [2.75, 3.05) is 17.2 Å². The molecule has 0 aliphatic carbocycles. The topological polar surface area (TPSA) is 99.7 Å². The number of aliphatic hydroxyl groups excluding tert-OH is 1. The molecule has 0 bridgehead atoms. The molecule has 3 aromatic rings. The molecule has 7 nitrogen and oxygen atoms in total. The Morgan fingerprint density at radius 3 is 2.13 bits per heavy atom. The van der Waals surface area contributed by atoms with Gasteiger partial charge in [0.1, 0.15) is 0 Å². The van der Waals surface area contributed by atoms with Gasteiger partial charge in [0.05, 0.1) is 12.6 Å². The van der Waals surface area contributed by atoms with Gasteiger partial charge in [0.15, 0.2) is 6.29 Å². The summed E-state index contributed by atoms with van der Waals surface area (Å²) in [5, 5.41) is 18.5. The molecule has 2 amide bonds. The van der Waals surface area contributed by atoms with Gasteiger partial charge in [0.25, 0.3) is 11.8 Å². The molecule has 2 unspecified atom stereocenters. The standard InChI is InChI=1S/C24H23N3O4/c28-22(26-20-11-9-19(10-12-20)25-18-7-2-1-3-8-18)16-5-4-6-17(15-16)23(29)27-21-13-14-31-24(21)30/h1-12,15,21,24-25,30H,13-14H2,(H,26,28)(H,27,29). The zero-order chi connectivity index (χ0) is 21.6. The highest BCUT2D eigenvalue weighted by atomic mass is 16.6. The highest BCUT2D eigenvalue weighted by molar-refractivity contribution is 6.06. The number of hydrogen-bond donors (Lipinski definition) is 4. The van der Waals surface area contributed by atoms with Crippen molar-refractivity contribution in [2.24, 2.45) is 0 Å². The quantitative estimate of drug-likeness (QED) is 0.492. The number of benzene rings is 3. The van der Waals surface area contributed by atoms with E-state index in [2.05, 4.69) is 16.0 Å². The van der Waals surface area contributed by atoms with Crippen LogP contribution in [0.2, 0.25) is 0 Å². The van der Waals surface area contributed by atoms with E-state index < -0.39 is 12.3 Å². The largest absolute Gasteiger partial charge is 0.366 e. The van der Waals surface area contributed by atoms with Crippen LogP contribution in [0, 0.1) is 0 Å². The van der Waals surface area contributed by atoms with Crippen LogP contribution < -0.4 is 16.0 Å². The first-order valence-electron chi connectivity index (χ1n) is 10.0. The Morgan fingerprint density at radius 2 is 1.45 bits per heavy atom. The second kappa shape index (κ2) is 9.42. The smallest absolute Gasteiger partial charge is 0.255 e. The van der Waals surface area contributed by atoms with Gasteiger partial charge in [0.2, 0.25) is 0 Å². The minimum atomic E-state index is -1.00. The predicted octanol–water partition coefficient (Wildman–Crippen LogP) is 3.52. The van der Waals surface area contributed by atoms with Crippen LogP contribution in [0.1, 0.15) is 27.1 Å². The van der Waals surface area contributed by atoms with E-state index in [0.29, 0.717) is 29.8 Å². The van der Waals surface area contributed by atoms with E-state index in [9.17, 15) is 14.7 Å².